The lowest BCUT2D eigenvalue weighted by Crippen LogP contribution is -2.35. The SMILES string of the molecule is C[SiH](C1SCCCS1)C1SCCCS1. The van der Waals surface area contributed by atoms with Crippen molar-refractivity contribution in [2.45, 2.75) is 27.8 Å². The minimum Gasteiger partial charge on any atom is -0.151 e. The molecular weight excluding hydrogens is 264 g/mol. The molecule has 0 aromatic carbocycles. The van der Waals surface area contributed by atoms with E-state index >= 15 is 0 Å². The quantitative estimate of drug-likeness (QED) is 0.712. The van der Waals surface area contributed by atoms with Crippen LogP contribution in [-0.4, -0.2) is 40.2 Å². The smallest absolute Gasteiger partial charge is 0.0881 e. The van der Waals surface area contributed by atoms with E-state index in [-0.39, 0.29) is 0 Å². The minimum atomic E-state index is -0.513. The van der Waals surface area contributed by atoms with Gasteiger partial charge in [-0.2, -0.15) is 47.0 Å². The average molecular weight is 283 g/mol. The molecule has 0 aromatic rings. The van der Waals surface area contributed by atoms with Gasteiger partial charge in [0.2, 0.25) is 0 Å². The third kappa shape index (κ3) is 3.30. The Morgan fingerprint density at radius 1 is 0.786 bits per heavy atom. The summed E-state index contributed by atoms with van der Waals surface area (Å²) in [5.74, 6) is 5.71. The topological polar surface area (TPSA) is 0 Å². The molecule has 2 heterocycles. The summed E-state index contributed by atoms with van der Waals surface area (Å²) in [5, 5.41) is 0. The number of hydrogen-bond donors (Lipinski definition) is 0. The standard InChI is InChI=1S/C9H18S4Si/c1-14(8-10-4-2-5-11-8)9-12-6-3-7-13-9/h8-9,14H,2-7H2,1H3. The van der Waals surface area contributed by atoms with E-state index in [2.05, 4.69) is 53.6 Å². The van der Waals surface area contributed by atoms with Crippen LogP contribution in [0.15, 0.2) is 0 Å². The summed E-state index contributed by atoms with van der Waals surface area (Å²) in [5.41, 5.74) is 0. The third-order valence-corrected chi connectivity index (χ3v) is 16.8. The zero-order chi connectivity index (χ0) is 9.80. The van der Waals surface area contributed by atoms with Gasteiger partial charge in [0, 0.05) is 8.41 Å². The highest BCUT2D eigenvalue weighted by atomic mass is 32.2. The maximum absolute atomic E-state index is 2.60. The van der Waals surface area contributed by atoms with Gasteiger partial charge in [0.25, 0.3) is 0 Å². The Balaban J connectivity index is 1.82. The maximum Gasteiger partial charge on any atom is 0.0881 e. The molecule has 2 rings (SSSR count). The monoisotopic (exact) mass is 282 g/mol. The fourth-order valence-corrected chi connectivity index (χ4v) is 16.0. The van der Waals surface area contributed by atoms with Crippen LogP contribution in [0.25, 0.3) is 0 Å². The van der Waals surface area contributed by atoms with E-state index in [1.807, 2.05) is 0 Å². The van der Waals surface area contributed by atoms with Crippen LogP contribution in [0.5, 0.6) is 0 Å². The van der Waals surface area contributed by atoms with E-state index in [9.17, 15) is 0 Å². The van der Waals surface area contributed by atoms with Gasteiger partial charge in [-0.15, -0.1) is 0 Å². The van der Waals surface area contributed by atoms with Crippen molar-refractivity contribution in [3.05, 3.63) is 0 Å². The molecule has 0 saturated carbocycles. The molecule has 0 atom stereocenters. The first kappa shape index (κ1) is 12.1. The summed E-state index contributed by atoms with van der Waals surface area (Å²) in [6.07, 6.45) is 2.88. The molecule has 5 heteroatoms. The third-order valence-electron chi connectivity index (χ3n) is 2.56. The normalized spacial score (nSPS) is 27.0. The van der Waals surface area contributed by atoms with E-state index in [1.165, 1.54) is 35.9 Å². The molecule has 2 aliphatic heterocycles. The van der Waals surface area contributed by atoms with Crippen LogP contribution in [0.4, 0.5) is 0 Å². The predicted octanol–water partition coefficient (Wildman–Crippen LogP) is 3.31. The van der Waals surface area contributed by atoms with E-state index in [0.29, 0.717) is 0 Å². The lowest BCUT2D eigenvalue weighted by molar-refractivity contribution is 1.11. The van der Waals surface area contributed by atoms with Gasteiger partial charge in [0.05, 0.1) is 8.80 Å². The molecule has 0 nitrogen and oxygen atoms in total. The van der Waals surface area contributed by atoms with Crippen LogP contribution < -0.4 is 0 Å². The van der Waals surface area contributed by atoms with Crippen molar-refractivity contribution in [1.29, 1.82) is 0 Å². The first-order valence-electron chi connectivity index (χ1n) is 5.34. The van der Waals surface area contributed by atoms with Crippen LogP contribution >= 0.6 is 47.0 Å². The van der Waals surface area contributed by atoms with Gasteiger partial charge in [-0.1, -0.05) is 6.55 Å². The van der Waals surface area contributed by atoms with Crippen molar-refractivity contribution in [3.63, 3.8) is 0 Å². The van der Waals surface area contributed by atoms with Crippen molar-refractivity contribution in [3.8, 4) is 0 Å². The average Bonchev–Trinajstić information content (AvgIpc) is 2.30. The molecule has 14 heavy (non-hydrogen) atoms. The summed E-state index contributed by atoms with van der Waals surface area (Å²) in [4.78, 5) is 0. The van der Waals surface area contributed by atoms with Crippen molar-refractivity contribution in [1.82, 2.24) is 0 Å². The maximum atomic E-state index is 2.60. The molecule has 2 fully saturated rings. The highest BCUT2D eigenvalue weighted by Crippen LogP contribution is 2.40. The van der Waals surface area contributed by atoms with E-state index in [0.717, 1.165) is 8.41 Å². The van der Waals surface area contributed by atoms with E-state index < -0.39 is 8.80 Å². The molecule has 0 spiro atoms. The van der Waals surface area contributed by atoms with Crippen molar-refractivity contribution >= 4 is 55.8 Å². The first-order valence-corrected chi connectivity index (χ1v) is 12.0. The molecular formula is C9H18S4Si. The Hall–Kier alpha value is 1.62. The number of rotatable bonds is 2. The Morgan fingerprint density at radius 3 is 1.50 bits per heavy atom. The van der Waals surface area contributed by atoms with Gasteiger partial charge >= 0.3 is 0 Å². The molecule has 0 radical (unpaired) electrons. The van der Waals surface area contributed by atoms with Crippen LogP contribution in [0.3, 0.4) is 0 Å². The summed E-state index contributed by atoms with van der Waals surface area (Å²) < 4.78 is 2.04. The summed E-state index contributed by atoms with van der Waals surface area (Å²) in [7, 11) is -0.513. The predicted molar refractivity (Wildman–Crippen MR) is 79.7 cm³/mol. The molecule has 2 aliphatic rings. The summed E-state index contributed by atoms with van der Waals surface area (Å²) in [6, 6.07) is 0. The van der Waals surface area contributed by atoms with Crippen LogP contribution in [0.2, 0.25) is 6.55 Å². The van der Waals surface area contributed by atoms with Crippen LogP contribution in [-0.2, 0) is 0 Å². The number of hydrogen-bond acceptors (Lipinski definition) is 4. The molecule has 0 aromatic heterocycles. The van der Waals surface area contributed by atoms with Gasteiger partial charge in [0.15, 0.2) is 0 Å². The fourth-order valence-electron chi connectivity index (χ4n) is 1.75. The lowest BCUT2D eigenvalue weighted by Gasteiger charge is -2.32. The number of thioether (sulfide) groups is 4. The highest BCUT2D eigenvalue weighted by Gasteiger charge is 2.31. The lowest BCUT2D eigenvalue weighted by atomic mass is 10.6. The second kappa shape index (κ2) is 6.38. The first-order chi connectivity index (χ1) is 6.88. The van der Waals surface area contributed by atoms with Crippen molar-refractivity contribution in [2.24, 2.45) is 0 Å². The molecule has 0 bridgehead atoms. The van der Waals surface area contributed by atoms with Gasteiger partial charge in [0.1, 0.15) is 0 Å². The van der Waals surface area contributed by atoms with Gasteiger partial charge in [-0.3, -0.25) is 0 Å². The summed E-state index contributed by atoms with van der Waals surface area (Å²) >= 11 is 9.05. The Labute approximate surface area is 106 Å². The van der Waals surface area contributed by atoms with E-state index in [1.54, 1.807) is 0 Å². The molecule has 0 amide bonds. The van der Waals surface area contributed by atoms with Crippen LogP contribution in [0.1, 0.15) is 12.8 Å². The van der Waals surface area contributed by atoms with Crippen molar-refractivity contribution < 1.29 is 0 Å². The Morgan fingerprint density at radius 2 is 1.14 bits per heavy atom. The Bertz CT molecular complexity index is 148. The molecule has 0 unspecified atom stereocenters. The largest absolute Gasteiger partial charge is 0.151 e. The van der Waals surface area contributed by atoms with Crippen LogP contribution in [0, 0.1) is 0 Å². The fraction of sp³-hybridized carbons (Fsp3) is 1.00. The molecule has 0 N–H and O–H groups in total. The minimum absolute atomic E-state index is 0.513. The van der Waals surface area contributed by atoms with Crippen molar-refractivity contribution in [2.75, 3.05) is 23.0 Å². The highest BCUT2D eigenvalue weighted by molar-refractivity contribution is 8.23. The van der Waals surface area contributed by atoms with Gasteiger partial charge in [-0.25, -0.2) is 0 Å². The van der Waals surface area contributed by atoms with E-state index in [4.69, 9.17) is 0 Å². The molecule has 82 valence electrons. The van der Waals surface area contributed by atoms with Gasteiger partial charge in [-0.05, 0) is 35.9 Å². The Kier molecular flexibility index (Phi) is 5.50. The molecule has 0 aliphatic carbocycles. The molecule has 2 saturated heterocycles. The summed E-state index contributed by atoms with van der Waals surface area (Å²) in [6.45, 7) is 2.60. The van der Waals surface area contributed by atoms with Gasteiger partial charge < -0.3 is 0 Å². The zero-order valence-electron chi connectivity index (χ0n) is 8.61. The zero-order valence-corrected chi connectivity index (χ0v) is 13.0. The second-order valence-electron chi connectivity index (χ2n) is 3.79. The second-order valence-corrected chi connectivity index (χ2v) is 14.4.